The van der Waals surface area contributed by atoms with E-state index in [4.69, 9.17) is 25.2 Å². The summed E-state index contributed by atoms with van der Waals surface area (Å²) in [4.78, 5) is 30.3. The molecule has 0 fully saturated rings. The molecule has 0 amide bonds. The summed E-state index contributed by atoms with van der Waals surface area (Å²) in [6.07, 6.45) is 0. The maximum Gasteiger partial charge on any atom is 0.336 e. The predicted octanol–water partition coefficient (Wildman–Crippen LogP) is 2.01. The van der Waals surface area contributed by atoms with E-state index in [2.05, 4.69) is 15.3 Å². The summed E-state index contributed by atoms with van der Waals surface area (Å²) in [6, 6.07) is 5.21. The van der Waals surface area contributed by atoms with Gasteiger partial charge >= 0.3 is 11.9 Å². The molecule has 10 nitrogen and oxygen atoms in total. The number of rotatable bonds is 6. The van der Waals surface area contributed by atoms with Crippen LogP contribution in [-0.4, -0.2) is 52.6 Å². The molecule has 158 valence electrons. The molecular weight excluding hydrogens is 410 g/mol. The molecule has 1 aliphatic heterocycles. The van der Waals surface area contributed by atoms with Crippen LogP contribution in [-0.2, 0) is 19.1 Å². The van der Waals surface area contributed by atoms with Gasteiger partial charge in [0, 0.05) is 17.4 Å². The van der Waals surface area contributed by atoms with Gasteiger partial charge in [0.25, 0.3) is 0 Å². The van der Waals surface area contributed by atoms with E-state index in [0.29, 0.717) is 28.0 Å². The Kier molecular flexibility index (Phi) is 6.50. The number of benzene rings is 1. The fraction of sp³-hybridized carbons (Fsp3) is 0.368. The Balaban J connectivity index is 2.27. The molecule has 3 rings (SSSR count). The van der Waals surface area contributed by atoms with Crippen LogP contribution in [0.2, 0.25) is 0 Å². The zero-order chi connectivity index (χ0) is 21.8. The van der Waals surface area contributed by atoms with Crippen LogP contribution in [0.5, 0.6) is 0 Å². The van der Waals surface area contributed by atoms with Crippen molar-refractivity contribution in [2.24, 2.45) is 16.6 Å². The summed E-state index contributed by atoms with van der Waals surface area (Å²) in [5.41, 5.74) is 7.99. The van der Waals surface area contributed by atoms with Gasteiger partial charge in [-0.05, 0) is 35.8 Å². The average molecular weight is 431 g/mol. The Morgan fingerprint density at radius 1 is 1.33 bits per heavy atom. The first kappa shape index (κ1) is 21.5. The van der Waals surface area contributed by atoms with Gasteiger partial charge in [-0.25, -0.2) is 9.42 Å². The Morgan fingerprint density at radius 3 is 2.77 bits per heavy atom. The third-order valence-electron chi connectivity index (χ3n) is 4.68. The van der Waals surface area contributed by atoms with E-state index in [1.165, 1.54) is 7.11 Å². The summed E-state index contributed by atoms with van der Waals surface area (Å²) in [5.74, 6) is -2.65. The van der Waals surface area contributed by atoms with Gasteiger partial charge < -0.3 is 15.2 Å². The molecule has 2 unspecified atom stereocenters. The van der Waals surface area contributed by atoms with Gasteiger partial charge in [-0.2, -0.15) is 0 Å². The van der Waals surface area contributed by atoms with Crippen molar-refractivity contribution in [3.63, 3.8) is 0 Å². The highest BCUT2D eigenvalue weighted by molar-refractivity contribution is 8.13. The highest BCUT2D eigenvalue weighted by Gasteiger charge is 2.44. The maximum absolute atomic E-state index is 13.0. The minimum absolute atomic E-state index is 0.118. The van der Waals surface area contributed by atoms with Crippen molar-refractivity contribution in [1.29, 1.82) is 5.41 Å². The lowest BCUT2D eigenvalue weighted by atomic mass is 9.75. The molecular formula is C19H21N5O5S. The fourth-order valence-corrected chi connectivity index (χ4v) is 4.00. The Hall–Kier alpha value is -3.21. The fourth-order valence-electron chi connectivity index (χ4n) is 3.49. The van der Waals surface area contributed by atoms with E-state index >= 15 is 0 Å². The predicted molar refractivity (Wildman–Crippen MR) is 111 cm³/mol. The SMILES string of the molecule is CCOC(=O)C1=C(CSC(=N)N)N=C(C)C(C(=O)OC)C1c1cccc2nonc12. The summed E-state index contributed by atoms with van der Waals surface area (Å²) in [6.45, 7) is 3.52. The van der Waals surface area contributed by atoms with Crippen molar-refractivity contribution in [1.82, 2.24) is 10.3 Å². The molecule has 2 aromatic rings. The van der Waals surface area contributed by atoms with Crippen LogP contribution >= 0.6 is 11.8 Å². The van der Waals surface area contributed by atoms with Gasteiger partial charge in [0.05, 0.1) is 25.0 Å². The first-order valence-electron chi connectivity index (χ1n) is 9.10. The number of hydrogen-bond donors (Lipinski definition) is 2. The molecule has 0 bridgehead atoms. The lowest BCUT2D eigenvalue weighted by Crippen LogP contribution is -2.37. The highest BCUT2D eigenvalue weighted by Crippen LogP contribution is 2.42. The van der Waals surface area contributed by atoms with E-state index in [1.54, 1.807) is 32.0 Å². The number of esters is 2. The van der Waals surface area contributed by atoms with E-state index in [1.807, 2.05) is 0 Å². The number of nitrogens with one attached hydrogen (secondary N) is 1. The zero-order valence-corrected chi connectivity index (χ0v) is 17.5. The third kappa shape index (κ3) is 4.06. The molecule has 0 spiro atoms. The maximum atomic E-state index is 13.0. The first-order valence-corrected chi connectivity index (χ1v) is 10.1. The van der Waals surface area contributed by atoms with E-state index in [-0.39, 0.29) is 23.1 Å². The Morgan fingerprint density at radius 2 is 2.10 bits per heavy atom. The van der Waals surface area contributed by atoms with Crippen LogP contribution in [0.25, 0.3) is 11.0 Å². The standard InChI is InChI=1S/C19H21N5O5S/c1-4-28-18(26)15-12(8-30-19(20)21)22-9(2)13(17(25)27-3)14(15)10-6-5-7-11-16(10)24-29-23-11/h5-7,13-14H,4,8H2,1-3H3,(H3,20,21). The lowest BCUT2D eigenvalue weighted by Gasteiger charge is -2.31. The van der Waals surface area contributed by atoms with Crippen LogP contribution in [0.3, 0.4) is 0 Å². The van der Waals surface area contributed by atoms with Gasteiger partial charge in [0.15, 0.2) is 5.17 Å². The van der Waals surface area contributed by atoms with Crippen molar-refractivity contribution in [3.05, 3.63) is 35.0 Å². The number of aromatic nitrogens is 2. The monoisotopic (exact) mass is 431 g/mol. The van der Waals surface area contributed by atoms with Gasteiger partial charge in [-0.15, -0.1) is 0 Å². The third-order valence-corrected chi connectivity index (χ3v) is 5.41. The number of carbonyl (C=O) groups is 2. The number of nitrogens with zero attached hydrogens (tertiary/aromatic N) is 3. The number of amidine groups is 1. The van der Waals surface area contributed by atoms with Crippen LogP contribution in [0.1, 0.15) is 25.3 Å². The number of hydrogen-bond acceptors (Lipinski definition) is 10. The van der Waals surface area contributed by atoms with E-state index in [9.17, 15) is 9.59 Å². The average Bonchev–Trinajstić information content (AvgIpc) is 3.20. The molecule has 0 saturated carbocycles. The van der Waals surface area contributed by atoms with Crippen LogP contribution < -0.4 is 5.73 Å². The number of fused-ring (bicyclic) bond motifs is 1. The number of methoxy groups -OCH3 is 1. The van der Waals surface area contributed by atoms with Crippen molar-refractivity contribution in [2.75, 3.05) is 19.5 Å². The molecule has 0 saturated heterocycles. The molecule has 1 aromatic carbocycles. The Bertz CT molecular complexity index is 1060. The minimum Gasteiger partial charge on any atom is -0.468 e. The number of aliphatic imine (C=N–C) groups is 1. The number of nitrogens with two attached hydrogens (primary N) is 1. The molecule has 1 aromatic heterocycles. The smallest absolute Gasteiger partial charge is 0.336 e. The summed E-state index contributed by atoms with van der Waals surface area (Å²) in [5, 5.41) is 15.2. The number of thioether (sulfide) groups is 1. The second kappa shape index (κ2) is 9.08. The normalized spacial score (nSPS) is 18.8. The number of ether oxygens (including phenoxy) is 2. The molecule has 3 N–H and O–H groups in total. The topological polar surface area (TPSA) is 154 Å². The lowest BCUT2D eigenvalue weighted by molar-refractivity contribution is -0.144. The first-order chi connectivity index (χ1) is 14.4. The molecule has 11 heteroatoms. The van der Waals surface area contributed by atoms with Gasteiger partial charge in [0.2, 0.25) is 0 Å². The summed E-state index contributed by atoms with van der Waals surface area (Å²) in [7, 11) is 1.28. The molecule has 0 radical (unpaired) electrons. The van der Waals surface area contributed by atoms with Crippen molar-refractivity contribution in [2.45, 2.75) is 19.8 Å². The van der Waals surface area contributed by atoms with Crippen molar-refractivity contribution >= 4 is 45.6 Å². The quantitative estimate of drug-likeness (QED) is 0.397. The van der Waals surface area contributed by atoms with Crippen LogP contribution in [0.4, 0.5) is 0 Å². The molecule has 1 aliphatic rings. The second-order valence-electron chi connectivity index (χ2n) is 6.44. The van der Waals surface area contributed by atoms with Crippen LogP contribution in [0.15, 0.2) is 39.1 Å². The molecule has 0 aliphatic carbocycles. The second-order valence-corrected chi connectivity index (χ2v) is 7.46. The van der Waals surface area contributed by atoms with Crippen molar-refractivity contribution < 1.29 is 23.7 Å². The van der Waals surface area contributed by atoms with Gasteiger partial charge in [0.1, 0.15) is 17.0 Å². The summed E-state index contributed by atoms with van der Waals surface area (Å²) < 4.78 is 15.2. The van der Waals surface area contributed by atoms with Gasteiger partial charge in [-0.3, -0.25) is 15.2 Å². The zero-order valence-electron chi connectivity index (χ0n) is 16.7. The minimum atomic E-state index is -0.872. The van der Waals surface area contributed by atoms with E-state index in [0.717, 1.165) is 11.8 Å². The Labute approximate surface area is 176 Å². The van der Waals surface area contributed by atoms with Crippen LogP contribution in [0, 0.1) is 11.3 Å². The largest absolute Gasteiger partial charge is 0.468 e. The van der Waals surface area contributed by atoms with Crippen molar-refractivity contribution in [3.8, 4) is 0 Å². The molecule has 30 heavy (non-hydrogen) atoms. The summed E-state index contributed by atoms with van der Waals surface area (Å²) >= 11 is 1.02. The molecule has 2 heterocycles. The highest BCUT2D eigenvalue weighted by atomic mass is 32.2. The van der Waals surface area contributed by atoms with Gasteiger partial charge in [-0.1, -0.05) is 23.9 Å². The van der Waals surface area contributed by atoms with E-state index < -0.39 is 23.8 Å². The molecule has 2 atom stereocenters. The number of carbonyl (C=O) groups excluding carboxylic acids is 2.